The number of benzene rings is 2. The van der Waals surface area contributed by atoms with Crippen LogP contribution in [-0.4, -0.2) is 43.0 Å². The highest BCUT2D eigenvalue weighted by molar-refractivity contribution is 6.28. The van der Waals surface area contributed by atoms with E-state index in [4.69, 9.17) is 18.4 Å². The van der Waals surface area contributed by atoms with Crippen LogP contribution in [0.1, 0.15) is 34.5 Å². The zero-order valence-corrected chi connectivity index (χ0v) is 18.5. The molecule has 8 nitrogen and oxygen atoms in total. The van der Waals surface area contributed by atoms with Gasteiger partial charge in [-0.25, -0.2) is 0 Å². The number of hydrogen-bond donors (Lipinski definition) is 1. The fourth-order valence-electron chi connectivity index (χ4n) is 5.39. The van der Waals surface area contributed by atoms with Gasteiger partial charge in [-0.1, -0.05) is 29.4 Å². The number of carbonyl (C=O) groups excluding carboxylic acids is 1. The largest absolute Gasteiger partial charge is 0.467 e. The van der Waals surface area contributed by atoms with E-state index in [-0.39, 0.29) is 5.78 Å². The normalized spacial score (nSPS) is 18.6. The molecule has 1 N–H and O–H groups in total. The summed E-state index contributed by atoms with van der Waals surface area (Å²) in [5.41, 5.74) is 4.39. The van der Waals surface area contributed by atoms with Crippen LogP contribution in [0.5, 0.6) is 0 Å². The van der Waals surface area contributed by atoms with Crippen molar-refractivity contribution in [1.82, 2.24) is 5.16 Å². The number of anilines is 2. The highest BCUT2D eigenvalue weighted by Gasteiger charge is 2.41. The Balaban J connectivity index is 1.35. The highest BCUT2D eigenvalue weighted by Crippen LogP contribution is 2.46. The quantitative estimate of drug-likeness (QED) is 0.419. The van der Waals surface area contributed by atoms with Gasteiger partial charge < -0.3 is 28.6 Å². The molecule has 7 rings (SSSR count). The number of furan rings is 1. The molecule has 1 spiro atoms. The minimum absolute atomic E-state index is 0.0323. The second-order valence-corrected chi connectivity index (χ2v) is 8.96. The molecule has 0 amide bonds. The van der Waals surface area contributed by atoms with Crippen molar-refractivity contribution in [3.63, 3.8) is 0 Å². The molecule has 2 saturated heterocycles. The molecule has 172 valence electrons. The van der Waals surface area contributed by atoms with Crippen LogP contribution in [0.25, 0.3) is 22.2 Å². The molecule has 0 saturated carbocycles. The first-order valence-electron chi connectivity index (χ1n) is 11.6. The fourth-order valence-corrected chi connectivity index (χ4v) is 5.39. The first-order chi connectivity index (χ1) is 16.7. The zero-order valence-electron chi connectivity index (χ0n) is 18.5. The maximum Gasteiger partial charge on any atom is 0.196 e. The third kappa shape index (κ3) is 2.92. The van der Waals surface area contributed by atoms with Crippen molar-refractivity contribution in [3.8, 4) is 11.3 Å². The van der Waals surface area contributed by atoms with Gasteiger partial charge in [-0.2, -0.15) is 0 Å². The summed E-state index contributed by atoms with van der Waals surface area (Å²) in [5, 5.41) is 8.66. The number of rotatable bonds is 4. The lowest BCUT2D eigenvalue weighted by Gasteiger charge is -2.39. The molecule has 0 bridgehead atoms. The van der Waals surface area contributed by atoms with Gasteiger partial charge in [-0.3, -0.25) is 4.79 Å². The SMILES string of the molecule is O=C1c2ccccc2-c2onc3c(N4CCC5(CC4)OCCO5)cc(NCc4ccco4)c1c23. The van der Waals surface area contributed by atoms with Gasteiger partial charge in [-0.05, 0) is 18.2 Å². The molecule has 0 unspecified atom stereocenters. The third-order valence-electron chi connectivity index (χ3n) is 7.09. The van der Waals surface area contributed by atoms with Crippen molar-refractivity contribution in [1.29, 1.82) is 0 Å². The van der Waals surface area contributed by atoms with Crippen molar-refractivity contribution in [2.24, 2.45) is 0 Å². The molecule has 2 aromatic carbocycles. The Kier molecular flexibility index (Phi) is 4.34. The van der Waals surface area contributed by atoms with Crippen LogP contribution >= 0.6 is 0 Å². The van der Waals surface area contributed by atoms with E-state index in [0.29, 0.717) is 42.2 Å². The van der Waals surface area contributed by atoms with E-state index in [1.165, 1.54) is 0 Å². The van der Waals surface area contributed by atoms with E-state index in [1.54, 1.807) is 6.26 Å². The number of fused-ring (bicyclic) bond motifs is 2. The molecule has 2 fully saturated rings. The zero-order chi connectivity index (χ0) is 22.7. The summed E-state index contributed by atoms with van der Waals surface area (Å²) in [7, 11) is 0. The Labute approximate surface area is 195 Å². The number of nitrogens with zero attached hydrogens (tertiary/aromatic N) is 2. The number of nitrogens with one attached hydrogen (secondary N) is 1. The molecule has 1 aliphatic carbocycles. The Morgan fingerprint density at radius 1 is 1.03 bits per heavy atom. The summed E-state index contributed by atoms with van der Waals surface area (Å²) in [4.78, 5) is 15.9. The van der Waals surface area contributed by atoms with Crippen LogP contribution in [0.15, 0.2) is 57.7 Å². The lowest BCUT2D eigenvalue weighted by molar-refractivity contribution is -0.169. The second-order valence-electron chi connectivity index (χ2n) is 8.96. The average molecular weight is 457 g/mol. The Morgan fingerprint density at radius 2 is 1.82 bits per heavy atom. The van der Waals surface area contributed by atoms with Crippen LogP contribution in [0.3, 0.4) is 0 Å². The minimum atomic E-state index is -0.467. The first-order valence-corrected chi connectivity index (χ1v) is 11.6. The highest BCUT2D eigenvalue weighted by atomic mass is 16.7. The fraction of sp³-hybridized carbons (Fsp3) is 0.308. The molecule has 2 aliphatic heterocycles. The van der Waals surface area contributed by atoms with E-state index in [0.717, 1.165) is 54.0 Å². The first kappa shape index (κ1) is 19.8. The summed E-state index contributed by atoms with van der Waals surface area (Å²) >= 11 is 0. The van der Waals surface area contributed by atoms with Gasteiger partial charge in [0.15, 0.2) is 17.3 Å². The van der Waals surface area contributed by atoms with Crippen LogP contribution < -0.4 is 10.2 Å². The third-order valence-corrected chi connectivity index (χ3v) is 7.09. The number of ether oxygens (including phenoxy) is 2. The lowest BCUT2D eigenvalue weighted by atomic mass is 9.86. The van der Waals surface area contributed by atoms with Gasteiger partial charge in [0, 0.05) is 42.7 Å². The number of aromatic nitrogens is 1. The molecule has 3 aliphatic rings. The van der Waals surface area contributed by atoms with Crippen molar-refractivity contribution in [3.05, 3.63) is 65.6 Å². The summed E-state index contributed by atoms with van der Waals surface area (Å²) in [6.45, 7) is 3.28. The van der Waals surface area contributed by atoms with Crippen LogP contribution in [0.2, 0.25) is 0 Å². The molecule has 4 heterocycles. The van der Waals surface area contributed by atoms with Gasteiger partial charge >= 0.3 is 0 Å². The summed E-state index contributed by atoms with van der Waals surface area (Å²) in [5.74, 6) is 0.929. The maximum atomic E-state index is 13.7. The van der Waals surface area contributed by atoms with E-state index in [2.05, 4.69) is 15.4 Å². The predicted octanol–water partition coefficient (Wildman–Crippen LogP) is 4.59. The Bertz CT molecular complexity index is 1390. The summed E-state index contributed by atoms with van der Waals surface area (Å²) in [6.07, 6.45) is 3.20. The molecule has 8 heteroatoms. The number of carbonyl (C=O) groups is 1. The van der Waals surface area contributed by atoms with Crippen molar-refractivity contribution in [2.45, 2.75) is 25.2 Å². The van der Waals surface area contributed by atoms with Crippen LogP contribution in [0.4, 0.5) is 11.4 Å². The standard InChI is InChI=1S/C26H23N3O5/c30-24-17-5-1-2-6-18(17)25-22-21(24)19(27-15-16-4-3-11-31-16)14-20(23(22)28-34-25)29-9-7-26(8-10-29)32-12-13-33-26/h1-6,11,14,27H,7-10,12-13,15H2. The molecule has 34 heavy (non-hydrogen) atoms. The van der Waals surface area contributed by atoms with Crippen LogP contribution in [-0.2, 0) is 16.0 Å². The maximum absolute atomic E-state index is 13.7. The summed E-state index contributed by atoms with van der Waals surface area (Å²) in [6, 6.07) is 13.3. The molecular formula is C26H23N3O5. The second kappa shape index (κ2) is 7.44. The lowest BCUT2D eigenvalue weighted by Crippen LogP contribution is -2.45. The van der Waals surface area contributed by atoms with E-state index >= 15 is 0 Å². The van der Waals surface area contributed by atoms with Crippen molar-refractivity contribution in [2.75, 3.05) is 36.5 Å². The molecule has 0 radical (unpaired) electrons. The average Bonchev–Trinajstić information content (AvgIpc) is 3.64. The predicted molar refractivity (Wildman–Crippen MR) is 125 cm³/mol. The monoisotopic (exact) mass is 457 g/mol. The van der Waals surface area contributed by atoms with Gasteiger partial charge in [-0.15, -0.1) is 0 Å². The smallest absolute Gasteiger partial charge is 0.196 e. The molecular weight excluding hydrogens is 434 g/mol. The number of hydrogen-bond acceptors (Lipinski definition) is 8. The Morgan fingerprint density at radius 3 is 2.59 bits per heavy atom. The van der Waals surface area contributed by atoms with Gasteiger partial charge in [0.25, 0.3) is 0 Å². The van der Waals surface area contributed by atoms with Gasteiger partial charge in [0.05, 0.1) is 42.7 Å². The van der Waals surface area contributed by atoms with E-state index < -0.39 is 5.79 Å². The summed E-state index contributed by atoms with van der Waals surface area (Å²) < 4.78 is 23.2. The van der Waals surface area contributed by atoms with Crippen LogP contribution in [0, 0.1) is 0 Å². The molecule has 0 atom stereocenters. The van der Waals surface area contributed by atoms with Gasteiger partial charge in [0.2, 0.25) is 0 Å². The minimum Gasteiger partial charge on any atom is -0.467 e. The molecule has 4 aromatic rings. The topological polar surface area (TPSA) is 90.0 Å². The number of piperidine rings is 1. The van der Waals surface area contributed by atoms with E-state index in [9.17, 15) is 4.79 Å². The van der Waals surface area contributed by atoms with Gasteiger partial charge in [0.1, 0.15) is 11.3 Å². The number of ketones is 1. The molecule has 2 aromatic heterocycles. The Hall–Kier alpha value is -3.62. The van der Waals surface area contributed by atoms with Crippen molar-refractivity contribution >= 4 is 28.1 Å². The van der Waals surface area contributed by atoms with E-state index in [1.807, 2.05) is 42.5 Å². The van der Waals surface area contributed by atoms with Crippen molar-refractivity contribution < 1.29 is 23.2 Å².